The van der Waals surface area contributed by atoms with Crippen LogP contribution in [-0.4, -0.2) is 30.8 Å². The fourth-order valence-electron chi connectivity index (χ4n) is 1.40. The summed E-state index contributed by atoms with van der Waals surface area (Å²) in [6.07, 6.45) is 1.16. The summed E-state index contributed by atoms with van der Waals surface area (Å²) in [4.78, 5) is 11.6. The number of ether oxygens (including phenoxy) is 1. The molecule has 0 spiro atoms. The molecule has 0 heterocycles. The van der Waals surface area contributed by atoms with E-state index in [1.54, 1.807) is 7.11 Å². The van der Waals surface area contributed by atoms with Crippen LogP contribution >= 0.6 is 0 Å². The van der Waals surface area contributed by atoms with Crippen molar-refractivity contribution in [2.24, 2.45) is 5.73 Å². The maximum absolute atomic E-state index is 13.0. The summed E-state index contributed by atoms with van der Waals surface area (Å²) in [5.41, 5.74) is 5.92. The minimum absolute atomic E-state index is 0.262. The van der Waals surface area contributed by atoms with Crippen LogP contribution in [-0.2, 0) is 9.53 Å². The Hall–Kier alpha value is -1.66. The highest BCUT2D eigenvalue weighted by Gasteiger charge is 2.13. The van der Waals surface area contributed by atoms with E-state index in [9.17, 15) is 9.18 Å². The average molecular weight is 256 g/mol. The molecule has 6 heteroatoms. The smallest absolute Gasteiger partial charge is 0.241 e. The summed E-state index contributed by atoms with van der Waals surface area (Å²) in [5, 5.41) is 11.5. The minimum atomic E-state index is -0.791. The van der Waals surface area contributed by atoms with Crippen molar-refractivity contribution >= 4 is 11.6 Å². The van der Waals surface area contributed by atoms with Gasteiger partial charge in [0.2, 0.25) is 5.91 Å². The predicted octanol–water partition coefficient (Wildman–Crippen LogP) is 1.22. The summed E-state index contributed by atoms with van der Waals surface area (Å²) < 4.78 is 17.9. The monoisotopic (exact) mass is 256 g/mol. The Bertz CT molecular complexity index is 412. The van der Waals surface area contributed by atoms with E-state index in [1.165, 1.54) is 12.1 Å². The van der Waals surface area contributed by atoms with E-state index in [0.717, 1.165) is 6.07 Å². The number of benzene rings is 1. The second-order valence-corrected chi connectivity index (χ2v) is 3.90. The van der Waals surface area contributed by atoms with Crippen molar-refractivity contribution < 1.29 is 19.0 Å². The van der Waals surface area contributed by atoms with E-state index in [2.05, 4.69) is 5.32 Å². The van der Waals surface area contributed by atoms with Crippen LogP contribution in [0, 0.1) is 5.82 Å². The zero-order valence-corrected chi connectivity index (χ0v) is 10.1. The minimum Gasteiger partial charge on any atom is -0.505 e. The van der Waals surface area contributed by atoms with Gasteiger partial charge in [-0.2, -0.15) is 0 Å². The second-order valence-electron chi connectivity index (χ2n) is 3.90. The van der Waals surface area contributed by atoms with Gasteiger partial charge >= 0.3 is 0 Å². The number of phenolic OH excluding ortho intramolecular Hbond substituents is 1. The molecule has 0 aromatic heterocycles. The maximum atomic E-state index is 13.0. The maximum Gasteiger partial charge on any atom is 0.241 e. The van der Waals surface area contributed by atoms with Crippen molar-refractivity contribution in [2.45, 2.75) is 18.9 Å². The number of nitrogens with two attached hydrogens (primary N) is 1. The van der Waals surface area contributed by atoms with Crippen molar-refractivity contribution in [1.82, 2.24) is 0 Å². The third kappa shape index (κ3) is 4.31. The first-order chi connectivity index (χ1) is 8.54. The first-order valence-corrected chi connectivity index (χ1v) is 5.58. The van der Waals surface area contributed by atoms with E-state index in [0.29, 0.717) is 19.4 Å². The van der Waals surface area contributed by atoms with Crippen LogP contribution in [0.25, 0.3) is 0 Å². The van der Waals surface area contributed by atoms with E-state index in [-0.39, 0.29) is 5.69 Å². The van der Waals surface area contributed by atoms with Crippen LogP contribution < -0.4 is 11.1 Å². The van der Waals surface area contributed by atoms with Crippen LogP contribution in [0.4, 0.5) is 10.1 Å². The number of hydrogen-bond acceptors (Lipinski definition) is 4. The summed E-state index contributed by atoms with van der Waals surface area (Å²) in [5.74, 6) is -1.64. The highest BCUT2D eigenvalue weighted by atomic mass is 19.1. The van der Waals surface area contributed by atoms with E-state index < -0.39 is 23.5 Å². The topological polar surface area (TPSA) is 84.6 Å². The van der Waals surface area contributed by atoms with Crippen molar-refractivity contribution in [2.75, 3.05) is 19.0 Å². The van der Waals surface area contributed by atoms with E-state index in [4.69, 9.17) is 15.6 Å². The third-order valence-electron chi connectivity index (χ3n) is 2.42. The Labute approximate surface area is 105 Å². The molecule has 0 fully saturated rings. The summed E-state index contributed by atoms with van der Waals surface area (Å²) >= 11 is 0. The van der Waals surface area contributed by atoms with Gasteiger partial charge in [0.1, 0.15) is 0 Å². The molecule has 0 radical (unpaired) electrons. The Balaban J connectivity index is 2.50. The lowest BCUT2D eigenvalue weighted by atomic mass is 10.1. The Morgan fingerprint density at radius 1 is 1.61 bits per heavy atom. The molecule has 0 aliphatic carbocycles. The van der Waals surface area contributed by atoms with Gasteiger partial charge in [0.15, 0.2) is 11.6 Å². The molecule has 1 rings (SSSR count). The number of carbonyl (C=O) groups is 1. The van der Waals surface area contributed by atoms with E-state index in [1.807, 2.05) is 0 Å². The number of hydrogen-bond donors (Lipinski definition) is 3. The molecule has 0 saturated heterocycles. The Morgan fingerprint density at radius 2 is 2.33 bits per heavy atom. The molecule has 5 nitrogen and oxygen atoms in total. The number of amides is 1. The molecular formula is C12H17FN2O3. The van der Waals surface area contributed by atoms with Crippen LogP contribution in [0.15, 0.2) is 18.2 Å². The first-order valence-electron chi connectivity index (χ1n) is 5.58. The van der Waals surface area contributed by atoms with Gasteiger partial charge < -0.3 is 20.9 Å². The zero-order chi connectivity index (χ0) is 13.5. The lowest BCUT2D eigenvalue weighted by Gasteiger charge is -2.12. The van der Waals surface area contributed by atoms with Crippen LogP contribution in [0.3, 0.4) is 0 Å². The number of anilines is 1. The molecule has 0 aliphatic heterocycles. The van der Waals surface area contributed by atoms with Crippen molar-refractivity contribution in [3.63, 3.8) is 0 Å². The van der Waals surface area contributed by atoms with Gasteiger partial charge in [-0.25, -0.2) is 4.39 Å². The number of nitrogens with one attached hydrogen (secondary N) is 1. The molecule has 0 bridgehead atoms. The molecule has 0 aliphatic rings. The Kier molecular flexibility index (Phi) is 5.54. The van der Waals surface area contributed by atoms with Gasteiger partial charge in [0.05, 0.1) is 6.04 Å². The third-order valence-corrected chi connectivity index (χ3v) is 2.42. The largest absolute Gasteiger partial charge is 0.505 e. The van der Waals surface area contributed by atoms with Crippen molar-refractivity contribution in [1.29, 1.82) is 0 Å². The fraction of sp³-hybridized carbons (Fsp3) is 0.417. The molecule has 1 atom stereocenters. The molecule has 1 aromatic carbocycles. The predicted molar refractivity (Wildman–Crippen MR) is 65.8 cm³/mol. The van der Waals surface area contributed by atoms with Crippen LogP contribution in [0.5, 0.6) is 5.75 Å². The number of halogens is 1. The molecule has 0 saturated carbocycles. The van der Waals surface area contributed by atoms with E-state index >= 15 is 0 Å². The SMILES string of the molecule is COCCCC(N)C(=O)Nc1ccc(O)c(F)c1. The van der Waals surface area contributed by atoms with Crippen molar-refractivity contribution in [3.8, 4) is 5.75 Å². The normalized spacial score (nSPS) is 12.2. The molecule has 100 valence electrons. The van der Waals surface area contributed by atoms with Gasteiger partial charge in [-0.15, -0.1) is 0 Å². The Morgan fingerprint density at radius 3 is 2.94 bits per heavy atom. The molecule has 1 aromatic rings. The molecule has 1 unspecified atom stereocenters. The standard InChI is InChI=1S/C12H17FN2O3/c1-18-6-2-3-10(14)12(17)15-8-4-5-11(16)9(13)7-8/h4-5,7,10,16H,2-3,6,14H2,1H3,(H,15,17). The summed E-state index contributed by atoms with van der Waals surface area (Å²) in [6, 6.07) is 2.94. The van der Waals surface area contributed by atoms with Crippen LogP contribution in [0.2, 0.25) is 0 Å². The average Bonchev–Trinajstić information content (AvgIpc) is 2.34. The van der Waals surface area contributed by atoms with Crippen molar-refractivity contribution in [3.05, 3.63) is 24.0 Å². The number of rotatable bonds is 6. The van der Waals surface area contributed by atoms with Gasteiger partial charge in [0, 0.05) is 25.5 Å². The molecule has 18 heavy (non-hydrogen) atoms. The summed E-state index contributed by atoms with van der Waals surface area (Å²) in [7, 11) is 1.57. The number of carbonyl (C=O) groups excluding carboxylic acids is 1. The lowest BCUT2D eigenvalue weighted by molar-refractivity contribution is -0.117. The van der Waals surface area contributed by atoms with Gasteiger partial charge in [-0.05, 0) is 25.0 Å². The van der Waals surface area contributed by atoms with Gasteiger partial charge in [-0.3, -0.25) is 4.79 Å². The number of phenols is 1. The van der Waals surface area contributed by atoms with Gasteiger partial charge in [0.25, 0.3) is 0 Å². The van der Waals surface area contributed by atoms with Crippen LogP contribution in [0.1, 0.15) is 12.8 Å². The highest BCUT2D eigenvalue weighted by Crippen LogP contribution is 2.19. The number of methoxy groups -OCH3 is 1. The second kappa shape index (κ2) is 6.93. The molecule has 4 N–H and O–H groups in total. The first kappa shape index (κ1) is 14.4. The lowest BCUT2D eigenvalue weighted by Crippen LogP contribution is -2.35. The highest BCUT2D eigenvalue weighted by molar-refractivity contribution is 5.94. The quantitative estimate of drug-likeness (QED) is 0.528. The zero-order valence-electron chi connectivity index (χ0n) is 10.1. The number of aromatic hydroxyl groups is 1. The molecular weight excluding hydrogens is 239 g/mol. The molecule has 1 amide bonds. The fourth-order valence-corrected chi connectivity index (χ4v) is 1.40. The summed E-state index contributed by atoms with van der Waals surface area (Å²) in [6.45, 7) is 0.537. The van der Waals surface area contributed by atoms with Gasteiger partial charge in [-0.1, -0.05) is 0 Å².